The molecule has 4 heterocycles. The number of carbonyl (C=O) groups is 1. The van der Waals surface area contributed by atoms with Crippen molar-refractivity contribution >= 4 is 40.6 Å². The lowest BCUT2D eigenvalue weighted by atomic mass is 10.0. The van der Waals surface area contributed by atoms with Gasteiger partial charge in [-0.15, -0.1) is 24.2 Å². The summed E-state index contributed by atoms with van der Waals surface area (Å²) in [5.41, 5.74) is 2.16. The molecular formula is C34H44ClN5OS2. The molecule has 1 amide bonds. The van der Waals surface area contributed by atoms with Gasteiger partial charge in [-0.25, -0.2) is 4.68 Å². The number of hydrogen-bond acceptors (Lipinski definition) is 6. The van der Waals surface area contributed by atoms with Crippen molar-refractivity contribution in [2.45, 2.75) is 32.7 Å². The van der Waals surface area contributed by atoms with Crippen molar-refractivity contribution in [1.82, 2.24) is 24.5 Å². The third-order valence-electron chi connectivity index (χ3n) is 7.51. The van der Waals surface area contributed by atoms with Crippen LogP contribution < -0.4 is 0 Å². The molecule has 9 heteroatoms. The number of halogens is 1. The number of terminal acetylenes is 1. The van der Waals surface area contributed by atoms with Crippen molar-refractivity contribution in [3.05, 3.63) is 82.4 Å². The molecule has 230 valence electrons. The summed E-state index contributed by atoms with van der Waals surface area (Å²) in [6, 6.07) is 14.4. The van der Waals surface area contributed by atoms with Gasteiger partial charge in [-0.1, -0.05) is 48.0 Å². The molecule has 3 aromatic rings. The summed E-state index contributed by atoms with van der Waals surface area (Å²) >= 11 is 10.0. The molecule has 0 N–H and O–H groups in total. The minimum atomic E-state index is -0.00152. The number of allylic oxidation sites excluding steroid dienone is 3. The number of piperazine rings is 1. The Labute approximate surface area is 271 Å². The fourth-order valence-electron chi connectivity index (χ4n) is 5.19. The van der Waals surface area contributed by atoms with E-state index in [2.05, 4.69) is 67.2 Å². The predicted molar refractivity (Wildman–Crippen MR) is 187 cm³/mol. The van der Waals surface area contributed by atoms with E-state index in [1.165, 1.54) is 17.7 Å². The molecule has 6 nitrogen and oxygen atoms in total. The number of para-hydroxylation sites is 1. The Hall–Kier alpha value is -2.80. The van der Waals surface area contributed by atoms with Crippen molar-refractivity contribution in [3.8, 4) is 29.1 Å². The van der Waals surface area contributed by atoms with Gasteiger partial charge in [-0.3, -0.25) is 9.69 Å². The van der Waals surface area contributed by atoms with E-state index in [1.54, 1.807) is 11.3 Å². The number of hydrogen-bond donors (Lipinski definition) is 0. The van der Waals surface area contributed by atoms with Gasteiger partial charge in [0.25, 0.3) is 5.91 Å². The fraction of sp³-hybridized carbons (Fsp3) is 0.412. The highest BCUT2D eigenvalue weighted by Crippen LogP contribution is 2.32. The first-order chi connectivity index (χ1) is 20.9. The molecule has 2 aliphatic heterocycles. The third kappa shape index (κ3) is 9.85. The number of nitrogens with zero attached hydrogens (tertiary/aromatic N) is 5. The molecule has 43 heavy (non-hydrogen) atoms. The van der Waals surface area contributed by atoms with Gasteiger partial charge in [0.1, 0.15) is 0 Å². The van der Waals surface area contributed by atoms with Crippen LogP contribution in [0.5, 0.6) is 0 Å². The normalized spacial score (nSPS) is 16.6. The quantitative estimate of drug-likeness (QED) is 0.203. The van der Waals surface area contributed by atoms with Crippen LogP contribution in [0.2, 0.25) is 5.02 Å². The van der Waals surface area contributed by atoms with Crippen LogP contribution in [0.3, 0.4) is 0 Å². The molecule has 2 aliphatic rings. The van der Waals surface area contributed by atoms with E-state index in [0.29, 0.717) is 16.8 Å². The number of thioether (sulfide) groups is 1. The second kappa shape index (κ2) is 18.1. The number of benzene rings is 1. The van der Waals surface area contributed by atoms with E-state index >= 15 is 0 Å². The van der Waals surface area contributed by atoms with Gasteiger partial charge >= 0.3 is 0 Å². The molecule has 1 aromatic carbocycles. The maximum atomic E-state index is 13.4. The summed E-state index contributed by atoms with van der Waals surface area (Å²) in [7, 11) is 2.19. The lowest BCUT2D eigenvalue weighted by molar-refractivity contribution is 0.0470. The number of piperidine rings is 1. The zero-order valence-corrected chi connectivity index (χ0v) is 28.2. The molecule has 5 rings (SSSR count). The Kier molecular flexibility index (Phi) is 14.6. The van der Waals surface area contributed by atoms with Gasteiger partial charge < -0.3 is 9.80 Å². The molecule has 0 unspecified atom stereocenters. The van der Waals surface area contributed by atoms with Crippen LogP contribution in [0.25, 0.3) is 16.3 Å². The van der Waals surface area contributed by atoms with Crippen molar-refractivity contribution in [1.29, 1.82) is 0 Å². The Morgan fingerprint density at radius 2 is 1.77 bits per heavy atom. The summed E-state index contributed by atoms with van der Waals surface area (Å²) in [4.78, 5) is 22.7. The molecule has 0 radical (unpaired) electrons. The average Bonchev–Trinajstić information content (AvgIpc) is 3.68. The number of carbonyl (C=O) groups excluding carboxylic acids is 1. The first kappa shape index (κ1) is 34.7. The van der Waals surface area contributed by atoms with Gasteiger partial charge in [0.15, 0.2) is 5.69 Å². The molecule has 0 bridgehead atoms. The van der Waals surface area contributed by atoms with Crippen LogP contribution in [0.4, 0.5) is 0 Å². The van der Waals surface area contributed by atoms with E-state index < -0.39 is 0 Å². The van der Waals surface area contributed by atoms with Crippen LogP contribution in [0.15, 0.2) is 66.8 Å². The monoisotopic (exact) mass is 637 g/mol. The van der Waals surface area contributed by atoms with E-state index in [0.717, 1.165) is 61.3 Å². The van der Waals surface area contributed by atoms with E-state index in [4.69, 9.17) is 16.7 Å². The van der Waals surface area contributed by atoms with E-state index in [9.17, 15) is 4.79 Å². The SMILES string of the molecule is C#C.C/C=C\C=C/CSC.Cc1ccc(-c2cc(C(=O)N3CCN(C4CCN(C)CC4)CC3)nn2-c2ccccc2Cl)s1. The average molecular weight is 638 g/mol. The van der Waals surface area contributed by atoms with Crippen molar-refractivity contribution in [2.75, 3.05) is 58.3 Å². The molecule has 2 fully saturated rings. The van der Waals surface area contributed by atoms with E-state index in [-0.39, 0.29) is 5.91 Å². The molecule has 0 atom stereocenters. The van der Waals surface area contributed by atoms with Gasteiger partial charge in [-0.2, -0.15) is 16.9 Å². The standard InChI is InChI=1S/C25H30ClN5OS.C7H12S.C2H2/c1-18-7-8-24(33-18)23-17-21(27-31(23)22-6-4-3-5-20(22)26)25(32)30-15-13-29(14-16-30)19-9-11-28(2)12-10-19;1-3-4-5-6-7-8-2;1-2/h3-8,17,19H,9-16H2,1-2H3;3-6H,7H2,1-2H3;1-2H/b;4-3-,6-5-;. The number of thiophene rings is 1. The smallest absolute Gasteiger partial charge is 0.274 e. The number of likely N-dealkylation sites (tertiary alicyclic amines) is 1. The maximum Gasteiger partial charge on any atom is 0.274 e. The number of aromatic nitrogens is 2. The summed E-state index contributed by atoms with van der Waals surface area (Å²) in [6.07, 6.45) is 20.8. The maximum absolute atomic E-state index is 13.4. The van der Waals surface area contributed by atoms with Crippen molar-refractivity contribution < 1.29 is 4.79 Å². The summed E-state index contributed by atoms with van der Waals surface area (Å²) in [6.45, 7) is 9.78. The third-order valence-corrected chi connectivity index (χ3v) is 9.38. The van der Waals surface area contributed by atoms with Gasteiger partial charge in [0.2, 0.25) is 0 Å². The zero-order valence-electron chi connectivity index (χ0n) is 25.8. The van der Waals surface area contributed by atoms with Gasteiger partial charge in [0, 0.05) is 42.9 Å². The number of amides is 1. The highest BCUT2D eigenvalue weighted by molar-refractivity contribution is 7.98. The Bertz CT molecular complexity index is 1360. The van der Waals surface area contributed by atoms with Crippen LogP contribution in [0, 0.1) is 19.8 Å². The molecule has 0 spiro atoms. The number of aryl methyl sites for hydroxylation is 1. The first-order valence-electron chi connectivity index (χ1n) is 14.6. The van der Waals surface area contributed by atoms with Crippen LogP contribution in [0.1, 0.15) is 35.1 Å². The molecule has 0 saturated carbocycles. The zero-order chi connectivity index (χ0) is 31.2. The van der Waals surface area contributed by atoms with Gasteiger partial charge in [0.05, 0.1) is 21.3 Å². The van der Waals surface area contributed by atoms with Crippen molar-refractivity contribution in [3.63, 3.8) is 0 Å². The minimum Gasteiger partial charge on any atom is -0.335 e. The second-order valence-corrected chi connectivity index (χ2v) is 13.1. The van der Waals surface area contributed by atoms with Crippen LogP contribution in [-0.2, 0) is 0 Å². The Balaban J connectivity index is 0.000000441. The molecule has 2 saturated heterocycles. The lowest BCUT2D eigenvalue weighted by Crippen LogP contribution is -2.54. The predicted octanol–water partition coefficient (Wildman–Crippen LogP) is 7.15. The van der Waals surface area contributed by atoms with Crippen LogP contribution >= 0.6 is 34.7 Å². The summed E-state index contributed by atoms with van der Waals surface area (Å²) in [5.74, 6) is 1.11. The molecular weight excluding hydrogens is 594 g/mol. The largest absolute Gasteiger partial charge is 0.335 e. The first-order valence-corrected chi connectivity index (χ1v) is 17.2. The van der Waals surface area contributed by atoms with E-state index in [1.807, 2.05) is 70.8 Å². The lowest BCUT2D eigenvalue weighted by Gasteiger charge is -2.42. The topological polar surface area (TPSA) is 44.6 Å². The van der Waals surface area contributed by atoms with Gasteiger partial charge in [-0.05, 0) is 83.4 Å². The molecule has 0 aliphatic carbocycles. The second-order valence-electron chi connectivity index (χ2n) is 10.5. The number of rotatable bonds is 7. The Morgan fingerprint density at radius 1 is 1.07 bits per heavy atom. The Morgan fingerprint density at radius 3 is 2.37 bits per heavy atom. The summed E-state index contributed by atoms with van der Waals surface area (Å²) < 4.78 is 1.82. The highest BCUT2D eigenvalue weighted by atomic mass is 35.5. The summed E-state index contributed by atoms with van der Waals surface area (Å²) in [5, 5.41) is 5.36. The fourth-order valence-corrected chi connectivity index (χ4v) is 6.58. The van der Waals surface area contributed by atoms with Crippen LogP contribution in [-0.4, -0.2) is 94.8 Å². The molecule has 2 aromatic heterocycles. The van der Waals surface area contributed by atoms with Crippen molar-refractivity contribution in [2.24, 2.45) is 0 Å². The highest BCUT2D eigenvalue weighted by Gasteiger charge is 2.30. The minimum absolute atomic E-state index is 0.00152.